The molecule has 0 atom stereocenters. The Morgan fingerprint density at radius 1 is 0.792 bits per heavy atom. The van der Waals surface area contributed by atoms with Crippen LogP contribution in [0.1, 0.15) is 96.8 Å². The van der Waals surface area contributed by atoms with Crippen LogP contribution in [-0.4, -0.2) is 23.5 Å². The summed E-state index contributed by atoms with van der Waals surface area (Å²) < 4.78 is 0. The summed E-state index contributed by atoms with van der Waals surface area (Å²) in [4.78, 5) is 21.6. The molecule has 0 aliphatic heterocycles. The Morgan fingerprint density at radius 3 is 1.83 bits per heavy atom. The van der Waals surface area contributed by atoms with Gasteiger partial charge in [-0.2, -0.15) is 0 Å². The second-order valence-corrected chi connectivity index (χ2v) is 6.50. The average Bonchev–Trinajstić information content (AvgIpc) is 2.56. The van der Waals surface area contributed by atoms with Crippen LogP contribution in [0.25, 0.3) is 0 Å². The Kier molecular flexibility index (Phi) is 17.0. The zero-order valence-electron chi connectivity index (χ0n) is 15.5. The summed E-state index contributed by atoms with van der Waals surface area (Å²) in [5, 5.41) is 10.8. The number of rotatable bonds is 17. The molecule has 0 rings (SSSR count). The van der Waals surface area contributed by atoms with E-state index in [1.807, 2.05) is 0 Å². The highest BCUT2D eigenvalue weighted by Gasteiger charge is 2.02. The minimum absolute atomic E-state index is 0.170. The first-order valence-corrected chi connectivity index (χ1v) is 9.80. The topological polar surface area (TPSA) is 66.4 Å². The molecular formula is C20H37NO3. The Hall–Kier alpha value is -1.32. The van der Waals surface area contributed by atoms with Crippen molar-refractivity contribution < 1.29 is 14.7 Å². The number of aliphatic carboxylic acids is 1. The lowest BCUT2D eigenvalue weighted by Gasteiger charge is -2.01. The largest absolute Gasteiger partial charge is 0.480 e. The summed E-state index contributed by atoms with van der Waals surface area (Å²) in [6, 6.07) is 0. The third-order valence-electron chi connectivity index (χ3n) is 4.10. The van der Waals surface area contributed by atoms with Crippen LogP contribution in [0, 0.1) is 0 Å². The fourth-order valence-electron chi connectivity index (χ4n) is 2.62. The fraction of sp³-hybridized carbons (Fsp3) is 0.800. The number of carbonyl (C=O) groups is 2. The number of nitrogens with one attached hydrogen (secondary N) is 1. The minimum atomic E-state index is -0.997. The standard InChI is InChI=1S/C20H37NO3/c1-2-3-4-5-6-7-8-9-10-11-12-13-14-15-16-17-19(22)21-18-20(23)24/h12-13H,2-11,14-18H2,1H3,(H,21,22)(H,23,24)/b13-12-. The molecule has 0 heterocycles. The maximum atomic E-state index is 11.3. The van der Waals surface area contributed by atoms with Gasteiger partial charge < -0.3 is 10.4 Å². The van der Waals surface area contributed by atoms with Gasteiger partial charge in [0.25, 0.3) is 0 Å². The summed E-state index contributed by atoms with van der Waals surface area (Å²) in [6.07, 6.45) is 21.1. The highest BCUT2D eigenvalue weighted by molar-refractivity contribution is 5.80. The van der Waals surface area contributed by atoms with E-state index in [0.29, 0.717) is 6.42 Å². The van der Waals surface area contributed by atoms with Crippen LogP contribution in [0.5, 0.6) is 0 Å². The normalized spacial score (nSPS) is 11.0. The molecule has 140 valence electrons. The molecule has 24 heavy (non-hydrogen) atoms. The van der Waals surface area contributed by atoms with Crippen molar-refractivity contribution in [3.05, 3.63) is 12.2 Å². The van der Waals surface area contributed by atoms with E-state index >= 15 is 0 Å². The van der Waals surface area contributed by atoms with Crippen molar-refractivity contribution in [2.45, 2.75) is 96.8 Å². The van der Waals surface area contributed by atoms with Crippen LogP contribution < -0.4 is 5.32 Å². The number of carboxylic acids is 1. The molecule has 1 amide bonds. The van der Waals surface area contributed by atoms with E-state index < -0.39 is 5.97 Å². The van der Waals surface area contributed by atoms with Crippen LogP contribution in [0.3, 0.4) is 0 Å². The van der Waals surface area contributed by atoms with Crippen LogP contribution in [0.15, 0.2) is 12.2 Å². The summed E-state index contributed by atoms with van der Waals surface area (Å²) in [6.45, 7) is 1.98. The zero-order chi connectivity index (χ0) is 17.9. The van der Waals surface area contributed by atoms with Crippen LogP contribution in [-0.2, 0) is 9.59 Å². The van der Waals surface area contributed by atoms with Gasteiger partial charge in [0.2, 0.25) is 5.91 Å². The summed E-state index contributed by atoms with van der Waals surface area (Å²) in [5.74, 6) is -1.17. The Labute approximate surface area is 148 Å². The zero-order valence-corrected chi connectivity index (χ0v) is 15.5. The van der Waals surface area contributed by atoms with Crippen molar-refractivity contribution in [2.75, 3.05) is 6.54 Å². The van der Waals surface area contributed by atoms with Gasteiger partial charge in [-0.3, -0.25) is 9.59 Å². The van der Waals surface area contributed by atoms with E-state index in [2.05, 4.69) is 24.4 Å². The third kappa shape index (κ3) is 18.7. The van der Waals surface area contributed by atoms with E-state index in [0.717, 1.165) is 25.7 Å². The number of carbonyl (C=O) groups excluding carboxylic acids is 1. The lowest BCUT2D eigenvalue weighted by Crippen LogP contribution is -2.28. The van der Waals surface area contributed by atoms with Gasteiger partial charge in [-0.15, -0.1) is 0 Å². The summed E-state index contributed by atoms with van der Waals surface area (Å²) in [7, 11) is 0. The van der Waals surface area contributed by atoms with Gasteiger partial charge in [-0.1, -0.05) is 70.4 Å². The predicted octanol–water partition coefficient (Wildman–Crippen LogP) is 5.22. The van der Waals surface area contributed by atoms with Gasteiger partial charge in [0.05, 0.1) is 0 Å². The predicted molar refractivity (Wildman–Crippen MR) is 100 cm³/mol. The Bertz CT molecular complexity index is 340. The minimum Gasteiger partial charge on any atom is -0.480 e. The van der Waals surface area contributed by atoms with Crippen molar-refractivity contribution in [3.63, 3.8) is 0 Å². The summed E-state index contributed by atoms with van der Waals surface area (Å²) >= 11 is 0. The van der Waals surface area contributed by atoms with Crippen molar-refractivity contribution in [1.82, 2.24) is 5.32 Å². The molecule has 2 N–H and O–H groups in total. The van der Waals surface area contributed by atoms with Crippen molar-refractivity contribution in [1.29, 1.82) is 0 Å². The lowest BCUT2D eigenvalue weighted by atomic mass is 10.1. The highest BCUT2D eigenvalue weighted by atomic mass is 16.4. The van der Waals surface area contributed by atoms with Gasteiger partial charge in [0, 0.05) is 6.42 Å². The van der Waals surface area contributed by atoms with E-state index in [9.17, 15) is 9.59 Å². The molecule has 0 bridgehead atoms. The van der Waals surface area contributed by atoms with Crippen LogP contribution >= 0.6 is 0 Å². The monoisotopic (exact) mass is 339 g/mol. The lowest BCUT2D eigenvalue weighted by molar-refractivity contribution is -0.137. The number of amides is 1. The van der Waals surface area contributed by atoms with Crippen molar-refractivity contribution in [2.24, 2.45) is 0 Å². The van der Waals surface area contributed by atoms with Crippen LogP contribution in [0.4, 0.5) is 0 Å². The summed E-state index contributed by atoms with van der Waals surface area (Å²) in [5.41, 5.74) is 0. The molecule has 4 heteroatoms. The molecule has 0 spiro atoms. The van der Waals surface area contributed by atoms with E-state index in [-0.39, 0.29) is 12.5 Å². The molecule has 0 aromatic heterocycles. The highest BCUT2D eigenvalue weighted by Crippen LogP contribution is 2.11. The molecule has 0 saturated carbocycles. The molecule has 0 aromatic carbocycles. The molecule has 0 aliphatic rings. The first-order valence-electron chi connectivity index (χ1n) is 9.80. The first kappa shape index (κ1) is 22.7. The van der Waals surface area contributed by atoms with Crippen molar-refractivity contribution in [3.8, 4) is 0 Å². The van der Waals surface area contributed by atoms with E-state index in [4.69, 9.17) is 5.11 Å². The SMILES string of the molecule is CCCCCCCCCCC/C=C\CCCCC(=O)NCC(=O)O. The van der Waals surface area contributed by atoms with Gasteiger partial charge in [-0.05, 0) is 32.1 Å². The molecule has 0 unspecified atom stereocenters. The number of unbranched alkanes of at least 4 members (excludes halogenated alkanes) is 11. The smallest absolute Gasteiger partial charge is 0.322 e. The Morgan fingerprint density at radius 2 is 1.29 bits per heavy atom. The number of hydrogen-bond acceptors (Lipinski definition) is 2. The first-order chi connectivity index (χ1) is 11.7. The van der Waals surface area contributed by atoms with E-state index in [1.54, 1.807) is 0 Å². The third-order valence-corrected chi connectivity index (χ3v) is 4.10. The van der Waals surface area contributed by atoms with Gasteiger partial charge >= 0.3 is 5.97 Å². The maximum absolute atomic E-state index is 11.3. The number of carboxylic acid groups (broad SMARTS) is 1. The number of allylic oxidation sites excluding steroid dienone is 2. The van der Waals surface area contributed by atoms with E-state index in [1.165, 1.54) is 57.8 Å². The maximum Gasteiger partial charge on any atom is 0.322 e. The molecule has 0 aromatic rings. The molecular weight excluding hydrogens is 302 g/mol. The molecule has 4 nitrogen and oxygen atoms in total. The Balaban J connectivity index is 3.21. The second kappa shape index (κ2) is 18.0. The molecule has 0 aliphatic carbocycles. The molecule has 0 fully saturated rings. The van der Waals surface area contributed by atoms with Crippen molar-refractivity contribution >= 4 is 11.9 Å². The average molecular weight is 340 g/mol. The number of hydrogen-bond donors (Lipinski definition) is 2. The van der Waals surface area contributed by atoms with Crippen LogP contribution in [0.2, 0.25) is 0 Å². The molecule has 0 radical (unpaired) electrons. The van der Waals surface area contributed by atoms with Gasteiger partial charge in [0.15, 0.2) is 0 Å². The quantitative estimate of drug-likeness (QED) is 0.282. The molecule has 0 saturated heterocycles. The van der Waals surface area contributed by atoms with Gasteiger partial charge in [0.1, 0.15) is 6.54 Å². The van der Waals surface area contributed by atoms with Gasteiger partial charge in [-0.25, -0.2) is 0 Å². The fourth-order valence-corrected chi connectivity index (χ4v) is 2.62. The second-order valence-electron chi connectivity index (χ2n) is 6.50.